The van der Waals surface area contributed by atoms with Gasteiger partial charge in [-0.05, 0) is 11.1 Å². The molecule has 0 aromatic heterocycles. The Bertz CT molecular complexity index is 615. The molecule has 6 nitrogen and oxygen atoms in total. The summed E-state index contributed by atoms with van der Waals surface area (Å²) in [5.41, 5.74) is 2.14. The zero-order valence-electron chi connectivity index (χ0n) is 13.8. The molecule has 3 amide bonds. The van der Waals surface area contributed by atoms with E-state index >= 15 is 0 Å². The van der Waals surface area contributed by atoms with Crippen molar-refractivity contribution in [3.05, 3.63) is 35.4 Å². The number of amides is 3. The normalized spacial score (nSPS) is 17.3. The topological polar surface area (TPSA) is 69.7 Å². The van der Waals surface area contributed by atoms with Crippen molar-refractivity contribution in [2.24, 2.45) is 0 Å². The minimum absolute atomic E-state index is 0.105. The standard InChI is InChI=1S/C17H23N3O3/c1-12(21)19(3)15-10-13-6-4-5-7-14(13)11-20(17(15)23)9-8-16(22)18-2/h4-7,15H,8-11H2,1-3H3,(H,18,22)/t15-/m0/s1. The van der Waals surface area contributed by atoms with Gasteiger partial charge in [0.25, 0.3) is 0 Å². The Morgan fingerprint density at radius 2 is 1.96 bits per heavy atom. The highest BCUT2D eigenvalue weighted by molar-refractivity contribution is 5.88. The minimum atomic E-state index is -0.527. The monoisotopic (exact) mass is 317 g/mol. The zero-order valence-corrected chi connectivity index (χ0v) is 13.8. The average molecular weight is 317 g/mol. The SMILES string of the molecule is CNC(=O)CCN1Cc2ccccc2C[C@H](N(C)C(C)=O)C1=O. The second-order valence-corrected chi connectivity index (χ2v) is 5.80. The second kappa shape index (κ2) is 7.26. The smallest absolute Gasteiger partial charge is 0.246 e. The van der Waals surface area contributed by atoms with E-state index in [-0.39, 0.29) is 24.1 Å². The van der Waals surface area contributed by atoms with Gasteiger partial charge in [0.15, 0.2) is 0 Å². The molecule has 1 heterocycles. The highest BCUT2D eigenvalue weighted by atomic mass is 16.2. The van der Waals surface area contributed by atoms with Gasteiger partial charge in [-0.25, -0.2) is 0 Å². The van der Waals surface area contributed by atoms with E-state index in [2.05, 4.69) is 5.32 Å². The molecule has 0 aliphatic carbocycles. The van der Waals surface area contributed by atoms with E-state index in [1.165, 1.54) is 11.8 Å². The molecule has 0 unspecified atom stereocenters. The van der Waals surface area contributed by atoms with E-state index in [1.807, 2.05) is 24.3 Å². The zero-order chi connectivity index (χ0) is 17.0. The fourth-order valence-electron chi connectivity index (χ4n) is 2.77. The predicted molar refractivity (Wildman–Crippen MR) is 86.5 cm³/mol. The van der Waals surface area contributed by atoms with Gasteiger partial charge in [0, 0.05) is 47.0 Å². The Kier molecular flexibility index (Phi) is 5.36. The lowest BCUT2D eigenvalue weighted by Gasteiger charge is -2.29. The van der Waals surface area contributed by atoms with E-state index < -0.39 is 6.04 Å². The molecule has 1 aromatic carbocycles. The third kappa shape index (κ3) is 3.88. The fourth-order valence-corrected chi connectivity index (χ4v) is 2.77. The van der Waals surface area contributed by atoms with Crippen molar-refractivity contribution in [2.75, 3.05) is 20.6 Å². The van der Waals surface area contributed by atoms with Crippen LogP contribution in [0.15, 0.2) is 24.3 Å². The van der Waals surface area contributed by atoms with E-state index in [4.69, 9.17) is 0 Å². The molecular weight excluding hydrogens is 294 g/mol. The van der Waals surface area contributed by atoms with E-state index in [9.17, 15) is 14.4 Å². The first-order valence-corrected chi connectivity index (χ1v) is 7.73. The highest BCUT2D eigenvalue weighted by Crippen LogP contribution is 2.22. The summed E-state index contributed by atoms with van der Waals surface area (Å²) in [6.45, 7) is 2.27. The first-order valence-electron chi connectivity index (χ1n) is 7.73. The minimum Gasteiger partial charge on any atom is -0.359 e. The first-order chi connectivity index (χ1) is 10.9. The maximum absolute atomic E-state index is 12.9. The molecule has 0 bridgehead atoms. The summed E-state index contributed by atoms with van der Waals surface area (Å²) in [6, 6.07) is 7.34. The summed E-state index contributed by atoms with van der Waals surface area (Å²) in [4.78, 5) is 39.2. The van der Waals surface area contributed by atoms with Crippen molar-refractivity contribution >= 4 is 17.7 Å². The van der Waals surface area contributed by atoms with Gasteiger partial charge in [-0.3, -0.25) is 14.4 Å². The molecule has 1 aliphatic rings. The number of rotatable bonds is 4. The van der Waals surface area contributed by atoms with Gasteiger partial charge in [-0.15, -0.1) is 0 Å². The van der Waals surface area contributed by atoms with E-state index in [0.29, 0.717) is 19.5 Å². The molecule has 0 saturated carbocycles. The molecule has 1 aromatic rings. The van der Waals surface area contributed by atoms with Gasteiger partial charge < -0.3 is 15.1 Å². The third-order valence-corrected chi connectivity index (χ3v) is 4.34. The van der Waals surface area contributed by atoms with Crippen LogP contribution in [0.1, 0.15) is 24.5 Å². The Labute approximate surface area is 136 Å². The fraction of sp³-hybridized carbons (Fsp3) is 0.471. The van der Waals surface area contributed by atoms with Crippen LogP contribution < -0.4 is 5.32 Å². The van der Waals surface area contributed by atoms with Crippen LogP contribution in [0.25, 0.3) is 0 Å². The lowest BCUT2D eigenvalue weighted by molar-refractivity contribution is -0.143. The molecule has 23 heavy (non-hydrogen) atoms. The van der Waals surface area contributed by atoms with Crippen LogP contribution in [0, 0.1) is 0 Å². The molecule has 0 fully saturated rings. The summed E-state index contributed by atoms with van der Waals surface area (Å²) in [6.07, 6.45) is 0.752. The third-order valence-electron chi connectivity index (χ3n) is 4.34. The summed E-state index contributed by atoms with van der Waals surface area (Å²) < 4.78 is 0. The van der Waals surface area contributed by atoms with Crippen molar-refractivity contribution in [1.29, 1.82) is 0 Å². The lowest BCUT2D eigenvalue weighted by Crippen LogP contribution is -2.49. The molecule has 0 radical (unpaired) electrons. The molecule has 0 saturated heterocycles. The quantitative estimate of drug-likeness (QED) is 0.882. The number of carbonyl (C=O) groups excluding carboxylic acids is 3. The number of benzene rings is 1. The molecule has 0 spiro atoms. The Balaban J connectivity index is 2.29. The Hall–Kier alpha value is -2.37. The van der Waals surface area contributed by atoms with Gasteiger partial charge in [0.1, 0.15) is 6.04 Å². The van der Waals surface area contributed by atoms with E-state index in [0.717, 1.165) is 11.1 Å². The molecule has 6 heteroatoms. The molecule has 1 aliphatic heterocycles. The molecule has 1 atom stereocenters. The first kappa shape index (κ1) is 17.0. The van der Waals surface area contributed by atoms with Gasteiger partial charge in [0.05, 0.1) is 0 Å². The van der Waals surface area contributed by atoms with Crippen LogP contribution in [0.3, 0.4) is 0 Å². The van der Waals surface area contributed by atoms with Crippen LogP contribution in [0.5, 0.6) is 0 Å². The molecule has 124 valence electrons. The van der Waals surface area contributed by atoms with Crippen LogP contribution in [0.2, 0.25) is 0 Å². The largest absolute Gasteiger partial charge is 0.359 e. The molecule has 2 rings (SSSR count). The van der Waals surface area contributed by atoms with Gasteiger partial charge in [0.2, 0.25) is 17.7 Å². The van der Waals surface area contributed by atoms with Crippen molar-refractivity contribution in [1.82, 2.24) is 15.1 Å². The maximum atomic E-state index is 12.9. The maximum Gasteiger partial charge on any atom is 0.246 e. The number of fused-ring (bicyclic) bond motifs is 1. The number of nitrogens with zero attached hydrogens (tertiary/aromatic N) is 2. The number of carbonyl (C=O) groups is 3. The van der Waals surface area contributed by atoms with Crippen molar-refractivity contribution < 1.29 is 14.4 Å². The Morgan fingerprint density at radius 1 is 1.30 bits per heavy atom. The van der Waals surface area contributed by atoms with Gasteiger partial charge in [-0.2, -0.15) is 0 Å². The summed E-state index contributed by atoms with van der Waals surface area (Å²) in [5.74, 6) is -0.358. The van der Waals surface area contributed by atoms with Crippen molar-refractivity contribution in [3.8, 4) is 0 Å². The number of hydrogen-bond donors (Lipinski definition) is 1. The number of likely N-dealkylation sites (N-methyl/N-ethyl adjacent to an activating group) is 1. The van der Waals surface area contributed by atoms with E-state index in [1.54, 1.807) is 19.0 Å². The van der Waals surface area contributed by atoms with Gasteiger partial charge in [-0.1, -0.05) is 24.3 Å². The van der Waals surface area contributed by atoms with Crippen molar-refractivity contribution in [3.63, 3.8) is 0 Å². The number of hydrogen-bond acceptors (Lipinski definition) is 3. The summed E-state index contributed by atoms with van der Waals surface area (Å²) in [5, 5.41) is 2.56. The molecular formula is C17H23N3O3. The van der Waals surface area contributed by atoms with Crippen LogP contribution >= 0.6 is 0 Å². The van der Waals surface area contributed by atoms with Crippen LogP contribution in [-0.2, 0) is 27.3 Å². The lowest BCUT2D eigenvalue weighted by atomic mass is 10.0. The molecule has 1 N–H and O–H groups in total. The highest BCUT2D eigenvalue weighted by Gasteiger charge is 2.33. The Morgan fingerprint density at radius 3 is 2.57 bits per heavy atom. The average Bonchev–Trinajstić information content (AvgIpc) is 2.68. The van der Waals surface area contributed by atoms with Crippen molar-refractivity contribution in [2.45, 2.75) is 32.4 Å². The van der Waals surface area contributed by atoms with Gasteiger partial charge >= 0.3 is 0 Å². The van der Waals surface area contributed by atoms with Crippen LogP contribution in [-0.4, -0.2) is 54.2 Å². The second-order valence-electron chi connectivity index (χ2n) is 5.80. The predicted octanol–water partition coefficient (Wildman–Crippen LogP) is 0.554. The summed E-state index contributed by atoms with van der Waals surface area (Å²) in [7, 11) is 3.23. The van der Waals surface area contributed by atoms with Crippen LogP contribution in [0.4, 0.5) is 0 Å². The summed E-state index contributed by atoms with van der Waals surface area (Å²) >= 11 is 0. The number of nitrogens with one attached hydrogen (secondary N) is 1.